The molecule has 5 nitrogen and oxygen atoms in total. The molecule has 2 aromatic rings. The van der Waals surface area contributed by atoms with Crippen molar-refractivity contribution in [2.75, 3.05) is 31.1 Å². The highest BCUT2D eigenvalue weighted by atomic mass is 19.1. The number of hydrogen-bond acceptors (Lipinski definition) is 4. The smallest absolute Gasteiger partial charge is 0.225 e. The maximum atomic E-state index is 14.5. The molecule has 0 spiro atoms. The number of amides is 1. The van der Waals surface area contributed by atoms with E-state index >= 15 is 0 Å². The summed E-state index contributed by atoms with van der Waals surface area (Å²) in [6.45, 7) is 9.35. The molecule has 1 aliphatic heterocycles. The molecule has 4 rings (SSSR count). The molecule has 1 aliphatic carbocycles. The zero-order valence-electron chi connectivity index (χ0n) is 18.9. The van der Waals surface area contributed by atoms with Crippen molar-refractivity contribution in [1.82, 2.24) is 14.9 Å². The summed E-state index contributed by atoms with van der Waals surface area (Å²) in [4.78, 5) is 26.7. The van der Waals surface area contributed by atoms with E-state index in [1.807, 2.05) is 17.0 Å². The van der Waals surface area contributed by atoms with Gasteiger partial charge in [-0.15, -0.1) is 0 Å². The molecule has 1 saturated heterocycles. The quantitative estimate of drug-likeness (QED) is 0.663. The van der Waals surface area contributed by atoms with E-state index in [-0.39, 0.29) is 17.7 Å². The standard InChI is InChI=1S/C25H33FN4O/c1-4-17(3)23-27-22(5-2)20(16-19-8-6-7-9-21(19)26)24(28-23)29-12-14-30(15-13-29)25(31)18-10-11-18/h6-9,17-18H,4-5,10-16H2,1-3H3/t17-/m1/s1. The van der Waals surface area contributed by atoms with Crippen molar-refractivity contribution in [3.63, 3.8) is 0 Å². The van der Waals surface area contributed by atoms with Crippen LogP contribution < -0.4 is 4.90 Å². The Labute approximate surface area is 184 Å². The SMILES string of the molecule is CCc1nc([C@H](C)CC)nc(N2CCN(C(=O)C3CC3)CC2)c1Cc1ccccc1F. The number of carbonyl (C=O) groups excluding carboxylic acids is 1. The van der Waals surface area contributed by atoms with E-state index in [4.69, 9.17) is 9.97 Å². The van der Waals surface area contributed by atoms with Gasteiger partial charge in [-0.3, -0.25) is 4.79 Å². The van der Waals surface area contributed by atoms with Crippen molar-refractivity contribution in [3.05, 3.63) is 52.7 Å². The van der Waals surface area contributed by atoms with E-state index in [2.05, 4.69) is 25.7 Å². The first-order chi connectivity index (χ1) is 15.0. The third-order valence-electron chi connectivity index (χ3n) is 6.62. The molecule has 1 atom stereocenters. The molecule has 1 saturated carbocycles. The summed E-state index contributed by atoms with van der Waals surface area (Å²) in [6, 6.07) is 6.95. The van der Waals surface area contributed by atoms with Crippen LogP contribution in [0.5, 0.6) is 0 Å². The lowest BCUT2D eigenvalue weighted by Gasteiger charge is -2.37. The van der Waals surface area contributed by atoms with Crippen LogP contribution in [-0.4, -0.2) is 47.0 Å². The maximum absolute atomic E-state index is 14.5. The first kappa shape index (κ1) is 21.7. The number of hydrogen-bond donors (Lipinski definition) is 0. The second-order valence-electron chi connectivity index (χ2n) is 8.85. The molecule has 31 heavy (non-hydrogen) atoms. The van der Waals surface area contributed by atoms with Crippen LogP contribution in [0, 0.1) is 11.7 Å². The van der Waals surface area contributed by atoms with Crippen LogP contribution in [0.1, 0.15) is 68.6 Å². The van der Waals surface area contributed by atoms with Gasteiger partial charge in [-0.05, 0) is 37.3 Å². The molecule has 1 amide bonds. The van der Waals surface area contributed by atoms with E-state index in [1.165, 1.54) is 6.07 Å². The van der Waals surface area contributed by atoms with E-state index < -0.39 is 0 Å². The number of aryl methyl sites for hydroxylation is 1. The predicted molar refractivity (Wildman–Crippen MR) is 121 cm³/mol. The van der Waals surface area contributed by atoms with Crippen LogP contribution in [0.15, 0.2) is 24.3 Å². The lowest BCUT2D eigenvalue weighted by molar-refractivity contribution is -0.132. The average Bonchev–Trinajstić information content (AvgIpc) is 3.65. The molecule has 0 unspecified atom stereocenters. The van der Waals surface area contributed by atoms with Crippen molar-refractivity contribution < 1.29 is 9.18 Å². The summed E-state index contributed by atoms with van der Waals surface area (Å²) < 4.78 is 14.5. The molecule has 1 aromatic heterocycles. The van der Waals surface area contributed by atoms with Crippen LogP contribution in [-0.2, 0) is 17.6 Å². The Morgan fingerprint density at radius 3 is 2.45 bits per heavy atom. The van der Waals surface area contributed by atoms with Gasteiger partial charge in [-0.25, -0.2) is 14.4 Å². The fourth-order valence-corrected chi connectivity index (χ4v) is 4.23. The Bertz CT molecular complexity index is 935. The Morgan fingerprint density at radius 2 is 1.84 bits per heavy atom. The molecule has 0 radical (unpaired) electrons. The number of benzene rings is 1. The molecule has 166 valence electrons. The predicted octanol–water partition coefficient (Wildman–Crippen LogP) is 4.34. The van der Waals surface area contributed by atoms with Gasteiger partial charge in [-0.2, -0.15) is 0 Å². The molecule has 6 heteroatoms. The van der Waals surface area contributed by atoms with Gasteiger partial charge in [0, 0.05) is 55.7 Å². The van der Waals surface area contributed by atoms with Crippen molar-refractivity contribution >= 4 is 11.7 Å². The Hall–Kier alpha value is -2.50. The summed E-state index contributed by atoms with van der Waals surface area (Å²) in [5.74, 6) is 2.42. The number of rotatable bonds is 7. The van der Waals surface area contributed by atoms with Crippen LogP contribution in [0.25, 0.3) is 0 Å². The van der Waals surface area contributed by atoms with Gasteiger partial charge in [0.15, 0.2) is 0 Å². The molecule has 2 aliphatic rings. The number of aromatic nitrogens is 2. The minimum atomic E-state index is -0.193. The average molecular weight is 425 g/mol. The van der Waals surface area contributed by atoms with Crippen molar-refractivity contribution in [2.24, 2.45) is 5.92 Å². The zero-order valence-corrected chi connectivity index (χ0v) is 18.9. The van der Waals surface area contributed by atoms with E-state index in [9.17, 15) is 9.18 Å². The third-order valence-corrected chi connectivity index (χ3v) is 6.62. The van der Waals surface area contributed by atoms with Crippen LogP contribution in [0.3, 0.4) is 0 Å². The van der Waals surface area contributed by atoms with Crippen molar-refractivity contribution in [3.8, 4) is 0 Å². The van der Waals surface area contributed by atoms with E-state index in [1.54, 1.807) is 6.07 Å². The van der Waals surface area contributed by atoms with Gasteiger partial charge in [-0.1, -0.05) is 39.0 Å². The van der Waals surface area contributed by atoms with Gasteiger partial charge >= 0.3 is 0 Å². The van der Waals surface area contributed by atoms with Crippen LogP contribution in [0.4, 0.5) is 10.2 Å². The minimum absolute atomic E-state index is 0.193. The largest absolute Gasteiger partial charge is 0.353 e. The molecular weight excluding hydrogens is 391 g/mol. The van der Waals surface area contributed by atoms with Gasteiger partial charge in [0.1, 0.15) is 17.5 Å². The summed E-state index contributed by atoms with van der Waals surface area (Å²) in [5.41, 5.74) is 2.68. The second-order valence-corrected chi connectivity index (χ2v) is 8.85. The summed E-state index contributed by atoms with van der Waals surface area (Å²) in [5, 5.41) is 0. The summed E-state index contributed by atoms with van der Waals surface area (Å²) in [7, 11) is 0. The molecule has 2 heterocycles. The highest BCUT2D eigenvalue weighted by molar-refractivity contribution is 5.81. The van der Waals surface area contributed by atoms with E-state index in [0.29, 0.717) is 17.9 Å². The number of nitrogens with zero attached hydrogens (tertiary/aromatic N) is 4. The monoisotopic (exact) mass is 424 g/mol. The third kappa shape index (κ3) is 4.73. The lowest BCUT2D eigenvalue weighted by Crippen LogP contribution is -2.50. The minimum Gasteiger partial charge on any atom is -0.353 e. The zero-order chi connectivity index (χ0) is 22.0. The summed E-state index contributed by atoms with van der Waals surface area (Å²) >= 11 is 0. The van der Waals surface area contributed by atoms with Crippen molar-refractivity contribution in [1.29, 1.82) is 0 Å². The number of anilines is 1. The normalized spacial score (nSPS) is 17.7. The van der Waals surface area contributed by atoms with Crippen LogP contribution in [0.2, 0.25) is 0 Å². The second kappa shape index (κ2) is 9.33. The first-order valence-corrected chi connectivity index (χ1v) is 11.7. The Kier molecular flexibility index (Phi) is 6.54. The topological polar surface area (TPSA) is 49.3 Å². The first-order valence-electron chi connectivity index (χ1n) is 11.7. The van der Waals surface area contributed by atoms with Crippen LogP contribution >= 0.6 is 0 Å². The van der Waals surface area contributed by atoms with Gasteiger partial charge < -0.3 is 9.80 Å². The lowest BCUT2D eigenvalue weighted by atomic mass is 10.00. The van der Waals surface area contributed by atoms with Gasteiger partial charge in [0.2, 0.25) is 5.91 Å². The fourth-order valence-electron chi connectivity index (χ4n) is 4.23. The molecule has 0 N–H and O–H groups in total. The fraction of sp³-hybridized carbons (Fsp3) is 0.560. The Morgan fingerprint density at radius 1 is 1.13 bits per heavy atom. The molecule has 0 bridgehead atoms. The highest BCUT2D eigenvalue weighted by Crippen LogP contribution is 2.32. The highest BCUT2D eigenvalue weighted by Gasteiger charge is 2.35. The maximum Gasteiger partial charge on any atom is 0.225 e. The van der Waals surface area contributed by atoms with Gasteiger partial charge in [0.25, 0.3) is 0 Å². The molecule has 1 aromatic carbocycles. The summed E-state index contributed by atoms with van der Waals surface area (Å²) in [6.07, 6.45) is 4.31. The number of halogens is 1. The number of carbonyl (C=O) groups is 1. The molecular formula is C25H33FN4O. The van der Waals surface area contributed by atoms with Crippen molar-refractivity contribution in [2.45, 2.75) is 58.8 Å². The molecule has 2 fully saturated rings. The van der Waals surface area contributed by atoms with E-state index in [0.717, 1.165) is 74.8 Å². The number of piperazine rings is 1. The Balaban J connectivity index is 1.66. The van der Waals surface area contributed by atoms with Gasteiger partial charge in [0.05, 0.1) is 0 Å².